The molecular formula is C15H16FN. The van der Waals surface area contributed by atoms with Crippen molar-refractivity contribution in [2.24, 2.45) is 0 Å². The Bertz CT molecular complexity index is 450. The number of nitrogens with one attached hydrogen (secondary N) is 1. The molecule has 0 heterocycles. The average molecular weight is 229 g/mol. The molecule has 1 atom stereocenters. The molecule has 0 bridgehead atoms. The van der Waals surface area contributed by atoms with Gasteiger partial charge in [-0.15, -0.1) is 0 Å². The van der Waals surface area contributed by atoms with Crippen molar-refractivity contribution in [3.8, 4) is 0 Å². The predicted molar refractivity (Wildman–Crippen MR) is 69.6 cm³/mol. The Hall–Kier alpha value is -1.83. The Balaban J connectivity index is 1.93. The zero-order valence-electron chi connectivity index (χ0n) is 9.86. The fraction of sp³-hybridized carbons (Fsp3) is 0.200. The summed E-state index contributed by atoms with van der Waals surface area (Å²) in [5.74, 6) is -0.203. The smallest absolute Gasteiger partial charge is 0.123 e. The zero-order chi connectivity index (χ0) is 12.1. The number of rotatable bonds is 4. The molecule has 17 heavy (non-hydrogen) atoms. The number of hydrogen-bond acceptors (Lipinski definition) is 1. The van der Waals surface area contributed by atoms with Crippen LogP contribution in [-0.4, -0.2) is 6.04 Å². The van der Waals surface area contributed by atoms with Crippen molar-refractivity contribution >= 4 is 5.69 Å². The molecule has 1 N–H and O–H groups in total. The van der Waals surface area contributed by atoms with E-state index in [2.05, 4.69) is 24.4 Å². The first kappa shape index (κ1) is 11.6. The molecule has 2 aromatic carbocycles. The lowest BCUT2D eigenvalue weighted by Gasteiger charge is -2.15. The Morgan fingerprint density at radius 1 is 1.00 bits per heavy atom. The van der Waals surface area contributed by atoms with Gasteiger partial charge in [-0.3, -0.25) is 0 Å². The van der Waals surface area contributed by atoms with Crippen molar-refractivity contribution in [1.82, 2.24) is 0 Å². The third-order valence-corrected chi connectivity index (χ3v) is 2.64. The van der Waals surface area contributed by atoms with Crippen molar-refractivity contribution in [2.75, 3.05) is 5.32 Å². The number of hydrogen-bond donors (Lipinski definition) is 1. The molecule has 0 radical (unpaired) electrons. The molecule has 0 aromatic heterocycles. The van der Waals surface area contributed by atoms with Crippen molar-refractivity contribution in [3.05, 3.63) is 66.0 Å². The Morgan fingerprint density at radius 3 is 2.29 bits per heavy atom. The van der Waals surface area contributed by atoms with Crippen LogP contribution in [0.15, 0.2) is 54.6 Å². The normalized spacial score (nSPS) is 12.1. The van der Waals surface area contributed by atoms with Crippen LogP contribution in [0.1, 0.15) is 12.5 Å². The van der Waals surface area contributed by atoms with Crippen LogP contribution in [0.2, 0.25) is 0 Å². The maximum atomic E-state index is 12.7. The van der Waals surface area contributed by atoms with E-state index >= 15 is 0 Å². The van der Waals surface area contributed by atoms with Crippen molar-refractivity contribution in [3.63, 3.8) is 0 Å². The summed E-state index contributed by atoms with van der Waals surface area (Å²) in [6.07, 6.45) is 0.957. The summed E-state index contributed by atoms with van der Waals surface area (Å²) in [6, 6.07) is 17.1. The second-order valence-corrected chi connectivity index (χ2v) is 4.24. The quantitative estimate of drug-likeness (QED) is 0.839. The van der Waals surface area contributed by atoms with E-state index in [0.717, 1.165) is 12.1 Å². The van der Waals surface area contributed by atoms with Crippen LogP contribution >= 0.6 is 0 Å². The highest BCUT2D eigenvalue weighted by Gasteiger charge is 2.03. The Morgan fingerprint density at radius 2 is 1.65 bits per heavy atom. The van der Waals surface area contributed by atoms with Gasteiger partial charge in [0.15, 0.2) is 0 Å². The molecule has 2 aromatic rings. The molecule has 0 saturated heterocycles. The molecule has 0 aliphatic rings. The number of benzene rings is 2. The van der Waals surface area contributed by atoms with Crippen molar-refractivity contribution < 1.29 is 4.39 Å². The van der Waals surface area contributed by atoms with E-state index in [9.17, 15) is 4.39 Å². The summed E-state index contributed by atoms with van der Waals surface area (Å²) >= 11 is 0. The molecule has 88 valence electrons. The zero-order valence-corrected chi connectivity index (χ0v) is 9.86. The third-order valence-electron chi connectivity index (χ3n) is 2.64. The first-order valence-electron chi connectivity index (χ1n) is 5.80. The summed E-state index contributed by atoms with van der Waals surface area (Å²) in [6.45, 7) is 2.12. The Labute approximate surface area is 101 Å². The van der Waals surface area contributed by atoms with Crippen LogP contribution in [0.25, 0.3) is 0 Å². The summed E-state index contributed by atoms with van der Waals surface area (Å²) in [4.78, 5) is 0. The lowest BCUT2D eigenvalue weighted by atomic mass is 10.1. The topological polar surface area (TPSA) is 12.0 Å². The largest absolute Gasteiger partial charge is 0.382 e. The van der Waals surface area contributed by atoms with Crippen LogP contribution in [0, 0.1) is 5.82 Å². The van der Waals surface area contributed by atoms with Gasteiger partial charge < -0.3 is 5.32 Å². The van der Waals surface area contributed by atoms with Crippen molar-refractivity contribution in [1.29, 1.82) is 0 Å². The van der Waals surface area contributed by atoms with Gasteiger partial charge in [0, 0.05) is 11.7 Å². The molecule has 0 amide bonds. The Kier molecular flexibility index (Phi) is 3.76. The average Bonchev–Trinajstić information content (AvgIpc) is 2.33. The lowest BCUT2D eigenvalue weighted by Crippen LogP contribution is -2.17. The minimum absolute atomic E-state index is 0.203. The van der Waals surface area contributed by atoms with E-state index in [4.69, 9.17) is 0 Å². The van der Waals surface area contributed by atoms with E-state index in [1.807, 2.05) is 18.2 Å². The van der Waals surface area contributed by atoms with Crippen LogP contribution in [0.5, 0.6) is 0 Å². The maximum absolute atomic E-state index is 12.7. The monoisotopic (exact) mass is 229 g/mol. The van der Waals surface area contributed by atoms with Crippen LogP contribution < -0.4 is 5.32 Å². The third kappa shape index (κ3) is 3.59. The van der Waals surface area contributed by atoms with Gasteiger partial charge >= 0.3 is 0 Å². The summed E-state index contributed by atoms with van der Waals surface area (Å²) in [5.41, 5.74) is 2.25. The molecule has 0 spiro atoms. The summed E-state index contributed by atoms with van der Waals surface area (Å²) < 4.78 is 12.7. The van der Waals surface area contributed by atoms with Gasteiger partial charge in [0.2, 0.25) is 0 Å². The van der Waals surface area contributed by atoms with Crippen LogP contribution in [0.4, 0.5) is 10.1 Å². The molecule has 1 nitrogen and oxygen atoms in total. The van der Waals surface area contributed by atoms with Gasteiger partial charge in [0.05, 0.1) is 0 Å². The van der Waals surface area contributed by atoms with E-state index in [1.54, 1.807) is 12.1 Å². The van der Waals surface area contributed by atoms with Crippen LogP contribution in [-0.2, 0) is 6.42 Å². The summed E-state index contributed by atoms with van der Waals surface area (Å²) in [7, 11) is 0. The number of anilines is 1. The van der Waals surface area contributed by atoms with E-state index in [-0.39, 0.29) is 5.82 Å². The molecule has 2 rings (SSSR count). The minimum atomic E-state index is -0.203. The van der Waals surface area contributed by atoms with Gasteiger partial charge in [-0.1, -0.05) is 30.3 Å². The standard InChI is InChI=1S/C15H16FN/c1-12(11-13-5-3-2-4-6-13)17-15-9-7-14(16)8-10-15/h2-10,12,17H,11H2,1H3. The molecule has 0 fully saturated rings. The van der Waals surface area contributed by atoms with Crippen molar-refractivity contribution in [2.45, 2.75) is 19.4 Å². The molecule has 0 saturated carbocycles. The fourth-order valence-electron chi connectivity index (χ4n) is 1.85. The van der Waals surface area contributed by atoms with Gasteiger partial charge in [0.1, 0.15) is 5.82 Å². The van der Waals surface area contributed by atoms with Gasteiger partial charge in [-0.2, -0.15) is 0 Å². The highest BCUT2D eigenvalue weighted by atomic mass is 19.1. The summed E-state index contributed by atoms with van der Waals surface area (Å²) in [5, 5.41) is 3.35. The SMILES string of the molecule is CC(Cc1ccccc1)Nc1ccc(F)cc1. The molecular weight excluding hydrogens is 213 g/mol. The molecule has 0 aliphatic carbocycles. The van der Waals surface area contributed by atoms with E-state index in [0.29, 0.717) is 6.04 Å². The lowest BCUT2D eigenvalue weighted by molar-refractivity contribution is 0.628. The number of halogens is 1. The molecule has 2 heteroatoms. The first-order chi connectivity index (χ1) is 8.24. The second-order valence-electron chi connectivity index (χ2n) is 4.24. The van der Waals surface area contributed by atoms with Gasteiger partial charge in [-0.25, -0.2) is 4.39 Å². The first-order valence-corrected chi connectivity index (χ1v) is 5.80. The van der Waals surface area contributed by atoms with Gasteiger partial charge in [-0.05, 0) is 43.2 Å². The van der Waals surface area contributed by atoms with E-state index < -0.39 is 0 Å². The van der Waals surface area contributed by atoms with Gasteiger partial charge in [0.25, 0.3) is 0 Å². The minimum Gasteiger partial charge on any atom is -0.382 e. The molecule has 0 aliphatic heterocycles. The van der Waals surface area contributed by atoms with Crippen LogP contribution in [0.3, 0.4) is 0 Å². The second kappa shape index (κ2) is 5.48. The van der Waals surface area contributed by atoms with E-state index in [1.165, 1.54) is 17.7 Å². The highest BCUT2D eigenvalue weighted by Crippen LogP contribution is 2.12. The predicted octanol–water partition coefficient (Wildman–Crippen LogP) is 3.87. The molecule has 1 unspecified atom stereocenters. The fourth-order valence-corrected chi connectivity index (χ4v) is 1.85. The highest BCUT2D eigenvalue weighted by molar-refractivity contribution is 5.43. The maximum Gasteiger partial charge on any atom is 0.123 e.